The van der Waals surface area contributed by atoms with E-state index < -0.39 is 22.2 Å². The number of phenolic OH excluding ortho intramolecular Hbond substituents is 1. The van der Waals surface area contributed by atoms with Gasteiger partial charge in [-0.1, -0.05) is 26.0 Å². The van der Waals surface area contributed by atoms with Crippen molar-refractivity contribution in [3.05, 3.63) is 29.8 Å². The fourth-order valence-electron chi connectivity index (χ4n) is 1.86. The third-order valence-electron chi connectivity index (χ3n) is 3.01. The average molecular weight is 316 g/mol. The molecule has 3 N–H and O–H groups in total. The van der Waals surface area contributed by atoms with Gasteiger partial charge in [-0.2, -0.15) is 17.4 Å². The summed E-state index contributed by atoms with van der Waals surface area (Å²) in [6.07, 6.45) is -0.00386. The third-order valence-corrected chi connectivity index (χ3v) is 4.79. The van der Waals surface area contributed by atoms with E-state index in [1.54, 1.807) is 26.0 Å². The smallest absolute Gasteiger partial charge is 0.322 e. The number of nitrogens with one attached hydrogen (secondary N) is 1. The highest BCUT2D eigenvalue weighted by molar-refractivity contribution is 7.87. The van der Waals surface area contributed by atoms with Gasteiger partial charge in [0.1, 0.15) is 11.8 Å². The van der Waals surface area contributed by atoms with Gasteiger partial charge in [-0.05, 0) is 24.1 Å². The largest absolute Gasteiger partial charge is 0.508 e. The average Bonchev–Trinajstić information content (AvgIpc) is 2.41. The number of phenols is 1. The number of hydrogen-bond acceptors (Lipinski definition) is 4. The lowest BCUT2D eigenvalue weighted by molar-refractivity contribution is -0.138. The lowest BCUT2D eigenvalue weighted by Gasteiger charge is -2.22. The van der Waals surface area contributed by atoms with Crippen LogP contribution in [-0.4, -0.2) is 48.0 Å². The Labute approximate surface area is 124 Å². The molecule has 0 aliphatic heterocycles. The van der Waals surface area contributed by atoms with E-state index in [2.05, 4.69) is 4.72 Å². The molecule has 0 saturated heterocycles. The maximum Gasteiger partial charge on any atom is 0.322 e. The van der Waals surface area contributed by atoms with Crippen molar-refractivity contribution in [2.75, 3.05) is 13.1 Å². The first-order valence-corrected chi connectivity index (χ1v) is 8.02. The van der Waals surface area contributed by atoms with E-state index in [1.807, 2.05) is 0 Å². The number of nitrogens with zero attached hydrogens (tertiary/aromatic N) is 1. The van der Waals surface area contributed by atoms with Gasteiger partial charge in [-0.25, -0.2) is 0 Å². The van der Waals surface area contributed by atoms with Crippen molar-refractivity contribution in [3.8, 4) is 5.75 Å². The van der Waals surface area contributed by atoms with Crippen LogP contribution in [0.3, 0.4) is 0 Å². The molecular formula is C13H20N2O5S. The van der Waals surface area contributed by atoms with E-state index in [0.717, 1.165) is 4.31 Å². The van der Waals surface area contributed by atoms with Crippen molar-refractivity contribution in [1.82, 2.24) is 9.03 Å². The van der Waals surface area contributed by atoms with Gasteiger partial charge >= 0.3 is 5.97 Å². The zero-order valence-corrected chi connectivity index (χ0v) is 12.8. The number of hydrogen-bond donors (Lipinski definition) is 3. The Bertz CT molecular complexity index is 567. The monoisotopic (exact) mass is 316 g/mol. The number of aromatic hydroxyl groups is 1. The second-order valence-corrected chi connectivity index (χ2v) is 6.17. The van der Waals surface area contributed by atoms with Gasteiger partial charge in [0, 0.05) is 13.1 Å². The minimum absolute atomic E-state index is 0.00386. The SMILES string of the molecule is CCN(CC)S(=O)(=O)N[C@@H](Cc1ccc(O)cc1)C(=O)O. The molecule has 1 aromatic rings. The molecule has 0 spiro atoms. The Balaban J connectivity index is 2.88. The molecule has 0 saturated carbocycles. The first kappa shape index (κ1) is 17.4. The second kappa shape index (κ2) is 7.39. The van der Waals surface area contributed by atoms with Crippen LogP contribution in [0.4, 0.5) is 0 Å². The van der Waals surface area contributed by atoms with Gasteiger partial charge in [-0.3, -0.25) is 4.79 Å². The first-order valence-electron chi connectivity index (χ1n) is 6.58. The molecule has 21 heavy (non-hydrogen) atoms. The van der Waals surface area contributed by atoms with E-state index in [9.17, 15) is 23.4 Å². The normalized spacial score (nSPS) is 13.3. The summed E-state index contributed by atoms with van der Waals surface area (Å²) in [5.41, 5.74) is 0.613. The topological polar surface area (TPSA) is 107 Å². The summed E-state index contributed by atoms with van der Waals surface area (Å²) in [6, 6.07) is 4.69. The molecule has 0 aromatic heterocycles. The number of carboxylic acid groups (broad SMARTS) is 1. The van der Waals surface area contributed by atoms with E-state index in [0.29, 0.717) is 5.56 Å². The molecule has 0 heterocycles. The summed E-state index contributed by atoms with van der Waals surface area (Å²) in [5, 5.41) is 18.4. The van der Waals surface area contributed by atoms with Gasteiger partial charge in [0.2, 0.25) is 0 Å². The summed E-state index contributed by atoms with van der Waals surface area (Å²) in [6.45, 7) is 3.88. The van der Waals surface area contributed by atoms with Crippen LogP contribution in [-0.2, 0) is 21.4 Å². The molecule has 0 aliphatic carbocycles. The summed E-state index contributed by atoms with van der Waals surface area (Å²) in [7, 11) is -3.84. The van der Waals surface area contributed by atoms with E-state index in [1.165, 1.54) is 12.1 Å². The molecule has 0 bridgehead atoms. The Kier molecular flexibility index (Phi) is 6.13. The van der Waals surface area contributed by atoms with E-state index >= 15 is 0 Å². The predicted octanol–water partition coefficient (Wildman–Crippen LogP) is 0.564. The maximum atomic E-state index is 12.1. The molecule has 1 atom stereocenters. The fraction of sp³-hybridized carbons (Fsp3) is 0.462. The van der Waals surface area contributed by atoms with Gasteiger partial charge in [0.05, 0.1) is 0 Å². The van der Waals surface area contributed by atoms with E-state index in [4.69, 9.17) is 0 Å². The lowest BCUT2D eigenvalue weighted by atomic mass is 10.1. The fourth-order valence-corrected chi connectivity index (χ4v) is 3.24. The summed E-state index contributed by atoms with van der Waals surface area (Å²) < 4.78 is 27.5. The van der Waals surface area contributed by atoms with Gasteiger partial charge in [-0.15, -0.1) is 0 Å². The molecule has 0 radical (unpaired) electrons. The number of benzene rings is 1. The Morgan fingerprint density at radius 3 is 2.19 bits per heavy atom. The van der Waals surface area contributed by atoms with Crippen molar-refractivity contribution in [3.63, 3.8) is 0 Å². The molecule has 8 heteroatoms. The lowest BCUT2D eigenvalue weighted by Crippen LogP contribution is -2.49. The highest BCUT2D eigenvalue weighted by Crippen LogP contribution is 2.12. The zero-order valence-electron chi connectivity index (χ0n) is 12.0. The van der Waals surface area contributed by atoms with Crippen LogP contribution in [0.25, 0.3) is 0 Å². The number of rotatable bonds is 8. The summed E-state index contributed by atoms with van der Waals surface area (Å²) >= 11 is 0. The molecule has 0 aliphatic rings. The van der Waals surface area contributed by atoms with Crippen LogP contribution >= 0.6 is 0 Å². The van der Waals surface area contributed by atoms with Crippen molar-refractivity contribution in [2.24, 2.45) is 0 Å². The number of carbonyl (C=O) groups is 1. The maximum absolute atomic E-state index is 12.1. The van der Waals surface area contributed by atoms with Crippen molar-refractivity contribution in [2.45, 2.75) is 26.3 Å². The molecule has 7 nitrogen and oxygen atoms in total. The Morgan fingerprint density at radius 2 is 1.76 bits per heavy atom. The predicted molar refractivity (Wildman–Crippen MR) is 78.2 cm³/mol. The van der Waals surface area contributed by atoms with Crippen LogP contribution in [0.1, 0.15) is 19.4 Å². The van der Waals surface area contributed by atoms with Crippen LogP contribution in [0.5, 0.6) is 5.75 Å². The minimum Gasteiger partial charge on any atom is -0.508 e. The van der Waals surface area contributed by atoms with Gasteiger partial charge < -0.3 is 10.2 Å². The third kappa shape index (κ3) is 5.00. The van der Waals surface area contributed by atoms with Crippen molar-refractivity contribution < 1.29 is 23.4 Å². The quantitative estimate of drug-likeness (QED) is 0.650. The molecular weight excluding hydrogens is 296 g/mol. The highest BCUT2D eigenvalue weighted by atomic mass is 32.2. The summed E-state index contributed by atoms with van der Waals surface area (Å²) in [5.74, 6) is -1.19. The van der Waals surface area contributed by atoms with Crippen molar-refractivity contribution in [1.29, 1.82) is 0 Å². The van der Waals surface area contributed by atoms with E-state index in [-0.39, 0.29) is 25.3 Å². The van der Waals surface area contributed by atoms with Gasteiger partial charge in [0.25, 0.3) is 10.2 Å². The molecule has 118 valence electrons. The standard InChI is InChI=1S/C13H20N2O5S/c1-3-15(4-2)21(19,20)14-12(13(17)18)9-10-5-7-11(16)8-6-10/h5-8,12,14,16H,3-4,9H2,1-2H3,(H,17,18)/t12-/m0/s1. The summed E-state index contributed by atoms with van der Waals surface area (Å²) in [4.78, 5) is 11.3. The molecule has 0 unspecified atom stereocenters. The number of carboxylic acids is 1. The molecule has 0 amide bonds. The van der Waals surface area contributed by atoms with Gasteiger partial charge in [0.15, 0.2) is 0 Å². The van der Waals surface area contributed by atoms with Crippen LogP contribution < -0.4 is 4.72 Å². The number of aliphatic carboxylic acids is 1. The Morgan fingerprint density at radius 1 is 1.24 bits per heavy atom. The Hall–Kier alpha value is -1.64. The van der Waals surface area contributed by atoms with Crippen LogP contribution in [0, 0.1) is 0 Å². The highest BCUT2D eigenvalue weighted by Gasteiger charge is 2.27. The zero-order chi connectivity index (χ0) is 16.0. The molecule has 1 rings (SSSR count). The minimum atomic E-state index is -3.84. The van der Waals surface area contributed by atoms with Crippen LogP contribution in [0.15, 0.2) is 24.3 Å². The van der Waals surface area contributed by atoms with Crippen molar-refractivity contribution >= 4 is 16.2 Å². The second-order valence-electron chi connectivity index (χ2n) is 4.47. The molecule has 0 fully saturated rings. The first-order chi connectivity index (χ1) is 9.80. The molecule has 1 aromatic carbocycles. The van der Waals surface area contributed by atoms with Crippen LogP contribution in [0.2, 0.25) is 0 Å².